The zero-order valence-electron chi connectivity index (χ0n) is 9.86. The number of nitrogens with one attached hydrogen (secondary N) is 2. The first-order valence-corrected chi connectivity index (χ1v) is 6.11. The van der Waals surface area contributed by atoms with Crippen LogP contribution in [0.3, 0.4) is 0 Å². The highest BCUT2D eigenvalue weighted by atomic mass is 19.1. The third-order valence-electron chi connectivity index (χ3n) is 3.62. The van der Waals surface area contributed by atoms with Crippen LogP contribution >= 0.6 is 0 Å². The van der Waals surface area contributed by atoms with Crippen molar-refractivity contribution in [1.29, 1.82) is 0 Å². The summed E-state index contributed by atoms with van der Waals surface area (Å²) in [4.78, 5) is 11.3. The minimum Gasteiger partial charge on any atom is -0.366 e. The van der Waals surface area contributed by atoms with Gasteiger partial charge in [-0.1, -0.05) is 12.1 Å². The summed E-state index contributed by atoms with van der Waals surface area (Å²) in [5.41, 5.74) is 1.05. The predicted molar refractivity (Wildman–Crippen MR) is 63.7 cm³/mol. The van der Waals surface area contributed by atoms with Crippen molar-refractivity contribution < 1.29 is 13.9 Å². The van der Waals surface area contributed by atoms with Crippen molar-refractivity contribution >= 4 is 5.91 Å². The summed E-state index contributed by atoms with van der Waals surface area (Å²) in [6.45, 7) is 1.47. The average Bonchev–Trinajstić information content (AvgIpc) is 2.69. The minimum atomic E-state index is -0.236. The average molecular weight is 250 g/mol. The molecule has 5 heteroatoms. The second-order valence-corrected chi connectivity index (χ2v) is 4.75. The van der Waals surface area contributed by atoms with E-state index in [2.05, 4.69) is 10.6 Å². The normalized spacial score (nSPS) is 31.6. The first-order valence-electron chi connectivity index (χ1n) is 6.11. The van der Waals surface area contributed by atoms with Crippen LogP contribution in [0.15, 0.2) is 24.3 Å². The molecule has 0 aromatic heterocycles. The number of benzene rings is 1. The number of hydrogen-bond acceptors (Lipinski definition) is 3. The van der Waals surface area contributed by atoms with Crippen molar-refractivity contribution in [3.8, 4) is 0 Å². The van der Waals surface area contributed by atoms with Gasteiger partial charge >= 0.3 is 0 Å². The maximum Gasteiger partial charge on any atom is 0.246 e. The first-order chi connectivity index (χ1) is 8.74. The molecule has 18 heavy (non-hydrogen) atoms. The molecule has 0 bridgehead atoms. The van der Waals surface area contributed by atoms with E-state index in [4.69, 9.17) is 4.74 Å². The molecular weight excluding hydrogens is 235 g/mol. The molecule has 3 atom stereocenters. The molecular formula is C13H15FN2O2. The number of carbonyl (C=O) groups excluding carboxylic acids is 1. The lowest BCUT2D eigenvalue weighted by molar-refractivity contribution is -0.125. The Kier molecular flexibility index (Phi) is 3.01. The number of halogens is 1. The third kappa shape index (κ3) is 2.11. The lowest BCUT2D eigenvalue weighted by Gasteiger charge is -2.21. The molecule has 2 fully saturated rings. The Morgan fingerprint density at radius 3 is 2.78 bits per heavy atom. The van der Waals surface area contributed by atoms with Gasteiger partial charge in [-0.2, -0.15) is 0 Å². The number of amides is 1. The Morgan fingerprint density at radius 2 is 2.00 bits per heavy atom. The van der Waals surface area contributed by atoms with Crippen molar-refractivity contribution in [2.45, 2.75) is 18.1 Å². The van der Waals surface area contributed by atoms with Gasteiger partial charge in [0.1, 0.15) is 12.4 Å². The van der Waals surface area contributed by atoms with E-state index in [9.17, 15) is 9.18 Å². The van der Waals surface area contributed by atoms with Crippen LogP contribution in [-0.2, 0) is 9.53 Å². The van der Waals surface area contributed by atoms with Crippen molar-refractivity contribution in [2.24, 2.45) is 0 Å². The lowest BCUT2D eigenvalue weighted by atomic mass is 9.93. The van der Waals surface area contributed by atoms with Gasteiger partial charge in [0.05, 0.1) is 12.1 Å². The Morgan fingerprint density at radius 1 is 1.22 bits per heavy atom. The fourth-order valence-corrected chi connectivity index (χ4v) is 2.68. The van der Waals surface area contributed by atoms with Gasteiger partial charge in [-0.05, 0) is 17.7 Å². The van der Waals surface area contributed by atoms with E-state index in [-0.39, 0.29) is 36.4 Å². The summed E-state index contributed by atoms with van der Waals surface area (Å²) in [6, 6.07) is 6.62. The number of ether oxygens (including phenoxy) is 1. The van der Waals surface area contributed by atoms with E-state index in [0.29, 0.717) is 6.54 Å². The standard InChI is InChI=1S/C13H15FN2O2/c14-9-3-1-8(2-4-9)10-5-15-11-6-16-12(17)7-18-13(10)11/h1-4,10-11,13,15H,5-7H2,(H,16,17)/t10-,11-,13-/m1/s1. The van der Waals surface area contributed by atoms with Crippen LogP contribution in [0.2, 0.25) is 0 Å². The summed E-state index contributed by atoms with van der Waals surface area (Å²) >= 11 is 0. The summed E-state index contributed by atoms with van der Waals surface area (Å²) in [5.74, 6) is -0.146. The first kappa shape index (κ1) is 11.6. The molecule has 1 aromatic carbocycles. The zero-order valence-corrected chi connectivity index (χ0v) is 9.86. The van der Waals surface area contributed by atoms with Gasteiger partial charge < -0.3 is 15.4 Å². The van der Waals surface area contributed by atoms with Gasteiger partial charge in [-0.15, -0.1) is 0 Å². The molecule has 2 aliphatic heterocycles. The van der Waals surface area contributed by atoms with E-state index in [1.807, 2.05) is 0 Å². The molecule has 2 N–H and O–H groups in total. The van der Waals surface area contributed by atoms with Gasteiger partial charge in [0.15, 0.2) is 0 Å². The highest BCUT2D eigenvalue weighted by molar-refractivity contribution is 5.77. The Labute approximate surface area is 105 Å². The molecule has 0 radical (unpaired) electrons. The predicted octanol–water partition coefficient (Wildman–Crippen LogP) is 0.396. The molecule has 1 aromatic rings. The van der Waals surface area contributed by atoms with Gasteiger partial charge in [0.25, 0.3) is 0 Å². The van der Waals surface area contributed by atoms with Gasteiger partial charge in [-0.25, -0.2) is 4.39 Å². The molecule has 96 valence electrons. The topological polar surface area (TPSA) is 50.4 Å². The summed E-state index contributed by atoms with van der Waals surface area (Å²) in [7, 11) is 0. The molecule has 0 unspecified atom stereocenters. The number of hydrogen-bond donors (Lipinski definition) is 2. The highest BCUT2D eigenvalue weighted by Crippen LogP contribution is 2.29. The van der Waals surface area contributed by atoms with Crippen LogP contribution in [0.4, 0.5) is 4.39 Å². The summed E-state index contributed by atoms with van der Waals surface area (Å²) in [5, 5.41) is 6.16. The van der Waals surface area contributed by atoms with Crippen molar-refractivity contribution in [3.05, 3.63) is 35.6 Å². The minimum absolute atomic E-state index is 0.0330. The molecule has 3 rings (SSSR count). The zero-order chi connectivity index (χ0) is 12.5. The second-order valence-electron chi connectivity index (χ2n) is 4.75. The van der Waals surface area contributed by atoms with Crippen LogP contribution in [-0.4, -0.2) is 37.7 Å². The second kappa shape index (κ2) is 4.66. The maximum atomic E-state index is 12.9. The molecule has 2 saturated heterocycles. The van der Waals surface area contributed by atoms with Crippen LogP contribution in [0.25, 0.3) is 0 Å². The Hall–Kier alpha value is -1.46. The van der Waals surface area contributed by atoms with Crippen LogP contribution < -0.4 is 10.6 Å². The maximum absolute atomic E-state index is 12.9. The molecule has 0 saturated carbocycles. The lowest BCUT2D eigenvalue weighted by Crippen LogP contribution is -2.39. The Balaban J connectivity index is 1.81. The largest absolute Gasteiger partial charge is 0.366 e. The van der Waals surface area contributed by atoms with E-state index in [0.717, 1.165) is 12.1 Å². The molecule has 2 aliphatic rings. The van der Waals surface area contributed by atoms with Gasteiger partial charge in [-0.3, -0.25) is 4.79 Å². The number of carbonyl (C=O) groups is 1. The van der Waals surface area contributed by atoms with Crippen molar-refractivity contribution in [2.75, 3.05) is 19.7 Å². The fourth-order valence-electron chi connectivity index (χ4n) is 2.68. The van der Waals surface area contributed by atoms with Gasteiger partial charge in [0.2, 0.25) is 5.91 Å². The smallest absolute Gasteiger partial charge is 0.246 e. The number of fused-ring (bicyclic) bond motifs is 1. The SMILES string of the molecule is O=C1CO[C@@H]2[C@@H](c3ccc(F)cc3)CN[C@@H]2CN1. The highest BCUT2D eigenvalue weighted by Gasteiger charge is 2.39. The molecule has 0 spiro atoms. The molecule has 4 nitrogen and oxygen atoms in total. The van der Waals surface area contributed by atoms with Crippen LogP contribution in [0.1, 0.15) is 11.5 Å². The van der Waals surface area contributed by atoms with Crippen molar-refractivity contribution in [3.63, 3.8) is 0 Å². The summed E-state index contributed by atoms with van der Waals surface area (Å²) < 4.78 is 18.6. The summed E-state index contributed by atoms with van der Waals surface area (Å²) in [6.07, 6.45) is -0.0330. The quantitative estimate of drug-likeness (QED) is 0.758. The monoisotopic (exact) mass is 250 g/mol. The molecule has 2 heterocycles. The van der Waals surface area contributed by atoms with Crippen LogP contribution in [0, 0.1) is 5.82 Å². The number of rotatable bonds is 1. The van der Waals surface area contributed by atoms with Gasteiger partial charge in [0, 0.05) is 19.0 Å². The molecule has 0 aliphatic carbocycles. The van der Waals surface area contributed by atoms with Crippen LogP contribution in [0.5, 0.6) is 0 Å². The van der Waals surface area contributed by atoms with Crippen molar-refractivity contribution in [1.82, 2.24) is 10.6 Å². The van der Waals surface area contributed by atoms with E-state index < -0.39 is 0 Å². The Bertz CT molecular complexity index is 449. The third-order valence-corrected chi connectivity index (χ3v) is 3.62. The van der Waals surface area contributed by atoms with E-state index in [1.165, 1.54) is 12.1 Å². The van der Waals surface area contributed by atoms with E-state index in [1.54, 1.807) is 12.1 Å². The van der Waals surface area contributed by atoms with E-state index >= 15 is 0 Å². The molecule has 1 amide bonds. The fraction of sp³-hybridized carbons (Fsp3) is 0.462.